The minimum absolute atomic E-state index is 0.0230. The number of para-hydroxylation sites is 2. The highest BCUT2D eigenvalue weighted by molar-refractivity contribution is 5.98. The van der Waals surface area contributed by atoms with Gasteiger partial charge in [-0.15, -0.1) is 0 Å². The summed E-state index contributed by atoms with van der Waals surface area (Å²) in [5, 5.41) is 7.82. The van der Waals surface area contributed by atoms with Gasteiger partial charge in [0.2, 0.25) is 5.91 Å². The molecular formula is C22H22N4O2. The Balaban J connectivity index is 1.20. The molecule has 0 aliphatic rings. The lowest BCUT2D eigenvalue weighted by Gasteiger charge is -2.06. The minimum Gasteiger partial charge on any atom is -0.361 e. The first kappa shape index (κ1) is 17.9. The molecule has 0 spiro atoms. The summed E-state index contributed by atoms with van der Waals surface area (Å²) in [6.45, 7) is 0.783. The van der Waals surface area contributed by atoms with Gasteiger partial charge in [0.25, 0.3) is 5.91 Å². The van der Waals surface area contributed by atoms with Crippen molar-refractivity contribution in [3.8, 4) is 0 Å². The van der Waals surface area contributed by atoms with Crippen LogP contribution in [0.25, 0.3) is 21.8 Å². The summed E-state index contributed by atoms with van der Waals surface area (Å²) in [5.74, 6) is -0.200. The van der Waals surface area contributed by atoms with Gasteiger partial charge in [0.05, 0.1) is 0 Å². The van der Waals surface area contributed by atoms with Gasteiger partial charge in [-0.25, -0.2) is 0 Å². The first-order chi connectivity index (χ1) is 13.7. The summed E-state index contributed by atoms with van der Waals surface area (Å²) >= 11 is 0. The van der Waals surface area contributed by atoms with Crippen molar-refractivity contribution in [3.63, 3.8) is 0 Å². The summed E-state index contributed by atoms with van der Waals surface area (Å²) in [5.41, 5.74) is 3.67. The van der Waals surface area contributed by atoms with Gasteiger partial charge in [0.15, 0.2) is 0 Å². The van der Waals surface area contributed by atoms with Gasteiger partial charge in [-0.2, -0.15) is 0 Å². The van der Waals surface area contributed by atoms with Crippen LogP contribution < -0.4 is 10.6 Å². The number of fused-ring (bicyclic) bond motifs is 2. The fourth-order valence-electron chi connectivity index (χ4n) is 3.34. The van der Waals surface area contributed by atoms with E-state index < -0.39 is 0 Å². The second-order valence-electron chi connectivity index (χ2n) is 6.74. The Morgan fingerprint density at radius 2 is 1.64 bits per heavy atom. The molecule has 4 rings (SSSR count). The van der Waals surface area contributed by atoms with Crippen LogP contribution in [0.1, 0.15) is 22.5 Å². The summed E-state index contributed by atoms with van der Waals surface area (Å²) in [6, 6.07) is 17.6. The van der Waals surface area contributed by atoms with Crippen molar-refractivity contribution >= 4 is 33.6 Å². The fraction of sp³-hybridized carbons (Fsp3) is 0.182. The number of H-pyrrole nitrogens is 2. The Bertz CT molecular complexity index is 1090. The Hall–Kier alpha value is -3.54. The van der Waals surface area contributed by atoms with Gasteiger partial charge < -0.3 is 20.6 Å². The Kier molecular flexibility index (Phi) is 5.10. The van der Waals surface area contributed by atoms with Crippen LogP contribution in [0.3, 0.4) is 0 Å². The van der Waals surface area contributed by atoms with Crippen molar-refractivity contribution < 1.29 is 9.59 Å². The molecule has 2 heterocycles. The maximum absolute atomic E-state index is 12.2. The third-order valence-electron chi connectivity index (χ3n) is 4.80. The molecule has 28 heavy (non-hydrogen) atoms. The number of nitrogens with one attached hydrogen (secondary N) is 4. The van der Waals surface area contributed by atoms with E-state index in [0.29, 0.717) is 31.6 Å². The first-order valence-corrected chi connectivity index (χ1v) is 9.38. The van der Waals surface area contributed by atoms with E-state index in [0.717, 1.165) is 27.4 Å². The zero-order valence-electron chi connectivity index (χ0n) is 15.4. The number of carbonyl (C=O) groups excluding carboxylic acids is 2. The van der Waals surface area contributed by atoms with Gasteiger partial charge in [-0.3, -0.25) is 9.59 Å². The third kappa shape index (κ3) is 3.91. The molecule has 142 valence electrons. The maximum Gasteiger partial charge on any atom is 0.267 e. The maximum atomic E-state index is 12.2. The lowest BCUT2D eigenvalue weighted by Crippen LogP contribution is -2.34. The largest absolute Gasteiger partial charge is 0.361 e. The van der Waals surface area contributed by atoms with E-state index >= 15 is 0 Å². The van der Waals surface area contributed by atoms with Gasteiger partial charge >= 0.3 is 0 Å². The molecule has 2 aromatic carbocycles. The van der Waals surface area contributed by atoms with Gasteiger partial charge in [0, 0.05) is 47.5 Å². The minimum atomic E-state index is -0.177. The van der Waals surface area contributed by atoms with Crippen LogP contribution in [-0.2, 0) is 11.2 Å². The number of aromatic nitrogens is 2. The van der Waals surface area contributed by atoms with E-state index in [-0.39, 0.29) is 11.8 Å². The van der Waals surface area contributed by atoms with Gasteiger partial charge in [-0.1, -0.05) is 36.4 Å². The van der Waals surface area contributed by atoms with E-state index in [4.69, 9.17) is 0 Å². The van der Waals surface area contributed by atoms with Crippen LogP contribution in [0.4, 0.5) is 0 Å². The molecule has 6 heteroatoms. The quantitative estimate of drug-likeness (QED) is 0.374. The van der Waals surface area contributed by atoms with Gasteiger partial charge in [-0.05, 0) is 30.2 Å². The van der Waals surface area contributed by atoms with Crippen LogP contribution in [-0.4, -0.2) is 34.9 Å². The summed E-state index contributed by atoms with van der Waals surface area (Å²) in [6.07, 6.45) is 3.05. The van der Waals surface area contributed by atoms with Crippen LogP contribution in [0.5, 0.6) is 0 Å². The number of aryl methyl sites for hydroxylation is 1. The van der Waals surface area contributed by atoms with Crippen LogP contribution in [0.15, 0.2) is 60.8 Å². The highest BCUT2D eigenvalue weighted by atomic mass is 16.2. The Morgan fingerprint density at radius 1 is 0.893 bits per heavy atom. The van der Waals surface area contributed by atoms with Crippen LogP contribution in [0.2, 0.25) is 0 Å². The predicted octanol–water partition coefficient (Wildman–Crippen LogP) is 3.13. The molecule has 0 saturated heterocycles. The predicted molar refractivity (Wildman–Crippen MR) is 110 cm³/mol. The molecule has 0 radical (unpaired) electrons. The highest BCUT2D eigenvalue weighted by Gasteiger charge is 2.09. The monoisotopic (exact) mass is 374 g/mol. The first-order valence-electron chi connectivity index (χ1n) is 9.38. The van der Waals surface area contributed by atoms with Gasteiger partial charge in [0.1, 0.15) is 5.69 Å². The van der Waals surface area contributed by atoms with Crippen molar-refractivity contribution in [1.82, 2.24) is 20.6 Å². The number of benzene rings is 2. The van der Waals surface area contributed by atoms with Crippen molar-refractivity contribution in [1.29, 1.82) is 0 Å². The van der Waals surface area contributed by atoms with E-state index in [1.165, 1.54) is 0 Å². The number of carbonyl (C=O) groups is 2. The summed E-state index contributed by atoms with van der Waals surface area (Å²) in [4.78, 5) is 30.6. The lowest BCUT2D eigenvalue weighted by molar-refractivity contribution is -0.121. The SMILES string of the molecule is O=C(CCc1c[nH]c2ccccc12)NCCNC(=O)c1cc2ccccc2[nH]1. The van der Waals surface area contributed by atoms with E-state index in [2.05, 4.69) is 26.7 Å². The Morgan fingerprint density at radius 3 is 2.50 bits per heavy atom. The van der Waals surface area contributed by atoms with E-state index in [9.17, 15) is 9.59 Å². The molecule has 2 aromatic heterocycles. The number of hydrogen-bond donors (Lipinski definition) is 4. The van der Waals surface area contributed by atoms with E-state index in [1.807, 2.05) is 54.7 Å². The molecule has 0 aliphatic heterocycles. The Labute approximate surface area is 162 Å². The number of amides is 2. The second kappa shape index (κ2) is 8.00. The van der Waals surface area contributed by atoms with Crippen molar-refractivity contribution in [2.75, 3.05) is 13.1 Å². The molecule has 0 aliphatic carbocycles. The van der Waals surface area contributed by atoms with Crippen molar-refractivity contribution in [2.45, 2.75) is 12.8 Å². The molecule has 4 N–H and O–H groups in total. The standard InChI is InChI=1S/C22H22N4O2/c27-21(10-9-16-14-25-19-8-4-2-6-17(16)19)23-11-12-24-22(28)20-13-15-5-1-3-7-18(15)26-20/h1-8,13-14,25-26H,9-12H2,(H,23,27)(H,24,28). The third-order valence-corrected chi connectivity index (χ3v) is 4.80. The molecule has 0 bridgehead atoms. The molecule has 0 unspecified atom stereocenters. The average molecular weight is 374 g/mol. The number of rotatable bonds is 7. The number of aromatic amines is 2. The molecule has 2 amide bonds. The fourth-order valence-corrected chi connectivity index (χ4v) is 3.34. The summed E-state index contributed by atoms with van der Waals surface area (Å²) < 4.78 is 0. The molecule has 0 fully saturated rings. The number of hydrogen-bond acceptors (Lipinski definition) is 2. The van der Waals surface area contributed by atoms with Crippen molar-refractivity contribution in [2.24, 2.45) is 0 Å². The van der Waals surface area contributed by atoms with Crippen molar-refractivity contribution in [3.05, 3.63) is 72.1 Å². The zero-order chi connectivity index (χ0) is 19.3. The highest BCUT2D eigenvalue weighted by Crippen LogP contribution is 2.18. The normalized spacial score (nSPS) is 11.0. The molecule has 6 nitrogen and oxygen atoms in total. The average Bonchev–Trinajstić information content (AvgIpc) is 3.33. The smallest absolute Gasteiger partial charge is 0.267 e. The zero-order valence-corrected chi connectivity index (χ0v) is 15.4. The molecule has 0 atom stereocenters. The van der Waals surface area contributed by atoms with Crippen LogP contribution in [0, 0.1) is 0 Å². The van der Waals surface area contributed by atoms with Crippen LogP contribution >= 0.6 is 0 Å². The summed E-state index contributed by atoms with van der Waals surface area (Å²) in [7, 11) is 0. The topological polar surface area (TPSA) is 89.8 Å². The molecular weight excluding hydrogens is 352 g/mol. The molecule has 0 saturated carbocycles. The lowest BCUT2D eigenvalue weighted by atomic mass is 10.1. The molecule has 4 aromatic rings. The second-order valence-corrected chi connectivity index (χ2v) is 6.74. The van der Waals surface area contributed by atoms with E-state index in [1.54, 1.807) is 0 Å².